The highest BCUT2D eigenvalue weighted by molar-refractivity contribution is 5.33. The third-order valence-electron chi connectivity index (χ3n) is 3.58. The van der Waals surface area contributed by atoms with Crippen LogP contribution in [0.1, 0.15) is 36.6 Å². The van der Waals surface area contributed by atoms with Crippen molar-refractivity contribution in [1.82, 2.24) is 10.2 Å². The molecule has 1 aromatic rings. The van der Waals surface area contributed by atoms with Gasteiger partial charge in [0.15, 0.2) is 0 Å². The van der Waals surface area contributed by atoms with Gasteiger partial charge in [0.2, 0.25) is 0 Å². The Balaban J connectivity index is 2.70. The van der Waals surface area contributed by atoms with Crippen molar-refractivity contribution in [2.45, 2.75) is 33.7 Å². The number of hydrogen-bond donors (Lipinski definition) is 1. The SMILES string of the molecule is CCNC(CN(C)CCOCC)c1cc(C)ccc1C. The predicted molar refractivity (Wildman–Crippen MR) is 86.3 cm³/mol. The summed E-state index contributed by atoms with van der Waals surface area (Å²) in [6, 6.07) is 7.08. The van der Waals surface area contributed by atoms with E-state index >= 15 is 0 Å². The zero-order valence-electron chi connectivity index (χ0n) is 13.7. The second-order valence-electron chi connectivity index (χ2n) is 5.43. The normalized spacial score (nSPS) is 12.9. The van der Waals surface area contributed by atoms with Gasteiger partial charge in [0.1, 0.15) is 0 Å². The van der Waals surface area contributed by atoms with Gasteiger partial charge in [-0.3, -0.25) is 0 Å². The summed E-state index contributed by atoms with van der Waals surface area (Å²) in [6.45, 7) is 13.1. The van der Waals surface area contributed by atoms with E-state index in [-0.39, 0.29) is 0 Å². The van der Waals surface area contributed by atoms with Crippen LogP contribution in [-0.4, -0.2) is 44.8 Å². The maximum atomic E-state index is 5.43. The molecule has 0 saturated heterocycles. The second-order valence-corrected chi connectivity index (χ2v) is 5.43. The molecule has 0 aliphatic rings. The van der Waals surface area contributed by atoms with Crippen molar-refractivity contribution >= 4 is 0 Å². The lowest BCUT2D eigenvalue weighted by molar-refractivity contribution is 0.119. The molecule has 0 amide bonds. The van der Waals surface area contributed by atoms with E-state index in [4.69, 9.17) is 4.74 Å². The summed E-state index contributed by atoms with van der Waals surface area (Å²) in [5.41, 5.74) is 4.10. The lowest BCUT2D eigenvalue weighted by atomic mass is 9.98. The molecule has 0 spiro atoms. The number of rotatable bonds is 9. The van der Waals surface area contributed by atoms with Crippen molar-refractivity contribution in [1.29, 1.82) is 0 Å². The number of ether oxygens (including phenoxy) is 1. The summed E-state index contributed by atoms with van der Waals surface area (Å²) in [7, 11) is 2.16. The van der Waals surface area contributed by atoms with Crippen molar-refractivity contribution in [3.05, 3.63) is 34.9 Å². The van der Waals surface area contributed by atoms with E-state index in [0.29, 0.717) is 6.04 Å². The quantitative estimate of drug-likeness (QED) is 0.703. The van der Waals surface area contributed by atoms with Crippen molar-refractivity contribution < 1.29 is 4.74 Å². The maximum absolute atomic E-state index is 5.43. The summed E-state index contributed by atoms with van der Waals surface area (Å²) in [6.07, 6.45) is 0. The predicted octanol–water partition coefficient (Wildman–Crippen LogP) is 2.92. The van der Waals surface area contributed by atoms with Gasteiger partial charge in [-0.1, -0.05) is 30.7 Å². The van der Waals surface area contributed by atoms with Gasteiger partial charge in [0, 0.05) is 25.7 Å². The van der Waals surface area contributed by atoms with Crippen LogP contribution >= 0.6 is 0 Å². The standard InChI is InChI=1S/C17H30N2O/c1-6-18-17(13-19(5)10-11-20-7-2)16-12-14(3)8-9-15(16)4/h8-9,12,17-18H,6-7,10-11,13H2,1-5H3. The Morgan fingerprint density at radius 3 is 2.65 bits per heavy atom. The van der Waals surface area contributed by atoms with E-state index in [1.54, 1.807) is 0 Å². The number of nitrogens with one attached hydrogen (secondary N) is 1. The molecule has 1 atom stereocenters. The molecular weight excluding hydrogens is 248 g/mol. The maximum Gasteiger partial charge on any atom is 0.0593 e. The highest BCUT2D eigenvalue weighted by Gasteiger charge is 2.15. The first-order valence-corrected chi connectivity index (χ1v) is 7.65. The molecule has 20 heavy (non-hydrogen) atoms. The van der Waals surface area contributed by atoms with Crippen molar-refractivity contribution in [3.8, 4) is 0 Å². The smallest absolute Gasteiger partial charge is 0.0593 e. The summed E-state index contributed by atoms with van der Waals surface area (Å²) in [5, 5.41) is 3.61. The lowest BCUT2D eigenvalue weighted by Gasteiger charge is -2.26. The molecule has 0 bridgehead atoms. The first-order chi connectivity index (χ1) is 9.58. The van der Waals surface area contributed by atoms with Crippen molar-refractivity contribution in [2.75, 3.05) is 39.9 Å². The summed E-state index contributed by atoms with van der Waals surface area (Å²) in [4.78, 5) is 2.34. The highest BCUT2D eigenvalue weighted by atomic mass is 16.5. The molecule has 1 rings (SSSR count). The first kappa shape index (κ1) is 17.2. The van der Waals surface area contributed by atoms with Crippen LogP contribution in [-0.2, 0) is 4.74 Å². The average Bonchev–Trinajstić information content (AvgIpc) is 2.41. The molecule has 1 N–H and O–H groups in total. The van der Waals surface area contributed by atoms with Crippen LogP contribution < -0.4 is 5.32 Å². The fourth-order valence-electron chi connectivity index (χ4n) is 2.42. The van der Waals surface area contributed by atoms with Gasteiger partial charge in [-0.05, 0) is 45.5 Å². The van der Waals surface area contributed by atoms with E-state index in [0.717, 1.165) is 32.8 Å². The monoisotopic (exact) mass is 278 g/mol. The largest absolute Gasteiger partial charge is 0.380 e. The molecule has 114 valence electrons. The minimum Gasteiger partial charge on any atom is -0.380 e. The van der Waals surface area contributed by atoms with E-state index in [1.807, 2.05) is 6.92 Å². The fourth-order valence-corrected chi connectivity index (χ4v) is 2.42. The molecule has 1 aromatic carbocycles. The van der Waals surface area contributed by atoms with Gasteiger partial charge >= 0.3 is 0 Å². The van der Waals surface area contributed by atoms with E-state index in [9.17, 15) is 0 Å². The van der Waals surface area contributed by atoms with Gasteiger partial charge in [-0.15, -0.1) is 0 Å². The van der Waals surface area contributed by atoms with Crippen molar-refractivity contribution in [3.63, 3.8) is 0 Å². The molecular formula is C17H30N2O. The number of likely N-dealkylation sites (N-methyl/N-ethyl adjacent to an activating group) is 2. The Hall–Kier alpha value is -0.900. The Morgan fingerprint density at radius 1 is 1.25 bits per heavy atom. The third kappa shape index (κ3) is 5.61. The molecule has 1 unspecified atom stereocenters. The van der Waals surface area contributed by atoms with Gasteiger partial charge in [-0.25, -0.2) is 0 Å². The summed E-state index contributed by atoms with van der Waals surface area (Å²) in [5.74, 6) is 0. The second kappa shape index (κ2) is 9.11. The average molecular weight is 278 g/mol. The Morgan fingerprint density at radius 2 is 2.00 bits per heavy atom. The molecule has 0 aliphatic heterocycles. The third-order valence-corrected chi connectivity index (χ3v) is 3.58. The summed E-state index contributed by atoms with van der Waals surface area (Å²) < 4.78 is 5.43. The molecule has 0 fully saturated rings. The van der Waals surface area contributed by atoms with Gasteiger partial charge < -0.3 is 15.0 Å². The fraction of sp³-hybridized carbons (Fsp3) is 0.647. The zero-order chi connectivity index (χ0) is 15.0. The topological polar surface area (TPSA) is 24.5 Å². The van der Waals surface area contributed by atoms with Crippen LogP contribution in [0.2, 0.25) is 0 Å². The Labute approximate surface area is 124 Å². The van der Waals surface area contributed by atoms with Crippen molar-refractivity contribution in [2.24, 2.45) is 0 Å². The van der Waals surface area contributed by atoms with Gasteiger partial charge in [0.05, 0.1) is 6.61 Å². The summed E-state index contributed by atoms with van der Waals surface area (Å²) >= 11 is 0. The van der Waals surface area contributed by atoms with E-state index in [1.165, 1.54) is 16.7 Å². The number of aryl methyl sites for hydroxylation is 2. The van der Waals surface area contributed by atoms with Crippen LogP contribution in [0.3, 0.4) is 0 Å². The lowest BCUT2D eigenvalue weighted by Crippen LogP contribution is -2.35. The zero-order valence-corrected chi connectivity index (χ0v) is 13.7. The van der Waals surface area contributed by atoms with Crippen LogP contribution in [0.5, 0.6) is 0 Å². The van der Waals surface area contributed by atoms with E-state index in [2.05, 4.69) is 56.2 Å². The van der Waals surface area contributed by atoms with Gasteiger partial charge in [0.25, 0.3) is 0 Å². The van der Waals surface area contributed by atoms with Crippen LogP contribution in [0, 0.1) is 13.8 Å². The molecule has 0 saturated carbocycles. The first-order valence-electron chi connectivity index (χ1n) is 7.65. The van der Waals surface area contributed by atoms with E-state index < -0.39 is 0 Å². The minimum absolute atomic E-state index is 0.381. The molecule has 0 heterocycles. The number of benzene rings is 1. The Kier molecular flexibility index (Phi) is 7.82. The van der Waals surface area contributed by atoms with Crippen LogP contribution in [0.4, 0.5) is 0 Å². The number of nitrogens with zero attached hydrogens (tertiary/aromatic N) is 1. The molecule has 0 aliphatic carbocycles. The van der Waals surface area contributed by atoms with Crippen LogP contribution in [0.15, 0.2) is 18.2 Å². The molecule has 0 radical (unpaired) electrons. The molecule has 3 heteroatoms. The Bertz CT molecular complexity index is 393. The highest BCUT2D eigenvalue weighted by Crippen LogP contribution is 2.20. The molecule has 3 nitrogen and oxygen atoms in total. The molecule has 0 aromatic heterocycles. The number of hydrogen-bond acceptors (Lipinski definition) is 3. The van der Waals surface area contributed by atoms with Gasteiger partial charge in [-0.2, -0.15) is 0 Å². The van der Waals surface area contributed by atoms with Crippen LogP contribution in [0.25, 0.3) is 0 Å². The minimum atomic E-state index is 0.381.